The Morgan fingerprint density at radius 2 is 1.57 bits per heavy atom. The van der Waals surface area contributed by atoms with Crippen LogP contribution in [0.4, 0.5) is 13.2 Å². The summed E-state index contributed by atoms with van der Waals surface area (Å²) in [6, 6.07) is 5.38. The summed E-state index contributed by atoms with van der Waals surface area (Å²) in [4.78, 5) is 0. The molecule has 0 bridgehead atoms. The van der Waals surface area contributed by atoms with Gasteiger partial charge in [0.1, 0.15) is 5.75 Å². The van der Waals surface area contributed by atoms with Crippen LogP contribution in [-0.2, 0) is 22.8 Å². The van der Waals surface area contributed by atoms with Gasteiger partial charge in [-0.2, -0.15) is 13.2 Å². The topological polar surface area (TPSA) is 0 Å². The Bertz CT molecular complexity index is 287. The van der Waals surface area contributed by atoms with Gasteiger partial charge in [0.25, 0.3) is 0 Å². The van der Waals surface area contributed by atoms with E-state index in [1.165, 1.54) is 0 Å². The number of hydrogen-bond acceptors (Lipinski definition) is 0. The Labute approximate surface area is 84.5 Å². The van der Waals surface area contributed by atoms with Gasteiger partial charge in [-0.1, -0.05) is 12.1 Å². The van der Waals surface area contributed by atoms with Crippen LogP contribution >= 0.6 is 0 Å². The van der Waals surface area contributed by atoms with Gasteiger partial charge in [-0.3, -0.25) is 0 Å². The molecular weight excluding hydrogens is 209 g/mol. The molecule has 0 radical (unpaired) electrons. The maximum atomic E-state index is 12.2. The molecular formula is C10H12F3S+. The fourth-order valence-corrected chi connectivity index (χ4v) is 1.98. The van der Waals surface area contributed by atoms with E-state index in [0.717, 1.165) is 23.4 Å². The van der Waals surface area contributed by atoms with Gasteiger partial charge in [-0.15, -0.1) is 0 Å². The summed E-state index contributed by atoms with van der Waals surface area (Å²) in [7, 11) is 0.224. The molecule has 78 valence electrons. The molecule has 0 aliphatic heterocycles. The number of benzene rings is 1. The molecule has 0 N–H and O–H groups in total. The van der Waals surface area contributed by atoms with Gasteiger partial charge in [0.15, 0.2) is 0 Å². The molecule has 0 amide bonds. The molecule has 0 fully saturated rings. The zero-order valence-corrected chi connectivity index (χ0v) is 8.88. The van der Waals surface area contributed by atoms with E-state index >= 15 is 0 Å². The number of hydrogen-bond donors (Lipinski definition) is 0. The maximum Gasteiger partial charge on any atom is 0.416 e. The molecule has 1 rings (SSSR count). The van der Waals surface area contributed by atoms with E-state index in [1.54, 1.807) is 12.1 Å². The van der Waals surface area contributed by atoms with E-state index in [0.29, 0.717) is 0 Å². The van der Waals surface area contributed by atoms with E-state index in [2.05, 4.69) is 12.5 Å². The van der Waals surface area contributed by atoms with E-state index in [-0.39, 0.29) is 10.9 Å². The molecule has 0 saturated carbocycles. The fourth-order valence-electron chi connectivity index (χ4n) is 1.12. The molecule has 0 heterocycles. The molecule has 0 aromatic heterocycles. The van der Waals surface area contributed by atoms with Crippen molar-refractivity contribution in [2.24, 2.45) is 0 Å². The second-order valence-corrected chi connectivity index (χ2v) is 5.58. The summed E-state index contributed by atoms with van der Waals surface area (Å²) in [5.74, 6) is 0.845. The van der Waals surface area contributed by atoms with E-state index in [4.69, 9.17) is 0 Å². The molecule has 0 saturated heterocycles. The summed E-state index contributed by atoms with van der Waals surface area (Å²) in [5.41, 5.74) is 0.389. The van der Waals surface area contributed by atoms with Crippen molar-refractivity contribution < 1.29 is 13.2 Å². The Balaban J connectivity index is 2.79. The van der Waals surface area contributed by atoms with Crippen molar-refractivity contribution in [1.82, 2.24) is 0 Å². The maximum absolute atomic E-state index is 12.2. The largest absolute Gasteiger partial charge is 0.416 e. The highest BCUT2D eigenvalue weighted by Gasteiger charge is 2.29. The zero-order chi connectivity index (χ0) is 10.8. The highest BCUT2D eigenvalue weighted by atomic mass is 32.2. The van der Waals surface area contributed by atoms with E-state index < -0.39 is 11.7 Å². The minimum atomic E-state index is -4.22. The van der Waals surface area contributed by atoms with Crippen molar-refractivity contribution in [3.05, 3.63) is 35.4 Å². The lowest BCUT2D eigenvalue weighted by Crippen LogP contribution is -2.05. The van der Waals surface area contributed by atoms with Crippen LogP contribution < -0.4 is 0 Å². The van der Waals surface area contributed by atoms with Crippen LogP contribution in [-0.4, -0.2) is 12.5 Å². The van der Waals surface area contributed by atoms with Crippen molar-refractivity contribution in [2.75, 3.05) is 12.5 Å². The summed E-state index contributed by atoms with van der Waals surface area (Å²) in [6.45, 7) is 0. The molecule has 1 aromatic rings. The second-order valence-electron chi connectivity index (χ2n) is 3.32. The van der Waals surface area contributed by atoms with Gasteiger partial charge < -0.3 is 0 Å². The van der Waals surface area contributed by atoms with Gasteiger partial charge in [-0.25, -0.2) is 0 Å². The third kappa shape index (κ3) is 3.25. The average Bonchev–Trinajstić information content (AvgIpc) is 2.02. The Morgan fingerprint density at radius 1 is 1.07 bits per heavy atom. The monoisotopic (exact) mass is 221 g/mol. The Hall–Kier alpha value is -0.640. The minimum Gasteiger partial charge on any atom is -0.166 e. The van der Waals surface area contributed by atoms with Gasteiger partial charge in [0, 0.05) is 5.56 Å². The molecule has 0 aliphatic rings. The minimum absolute atomic E-state index is 0.224. The first-order valence-electron chi connectivity index (χ1n) is 4.10. The summed E-state index contributed by atoms with van der Waals surface area (Å²) >= 11 is 0. The van der Waals surface area contributed by atoms with Crippen LogP contribution in [0.3, 0.4) is 0 Å². The number of alkyl halides is 3. The molecule has 0 aliphatic carbocycles. The first-order chi connectivity index (χ1) is 6.39. The van der Waals surface area contributed by atoms with Crippen LogP contribution in [0, 0.1) is 0 Å². The SMILES string of the molecule is C[S+](C)Cc1ccc(C(F)(F)F)cc1. The summed E-state index contributed by atoms with van der Waals surface area (Å²) in [5, 5.41) is 0. The summed E-state index contributed by atoms with van der Waals surface area (Å²) < 4.78 is 36.6. The molecule has 0 atom stereocenters. The highest BCUT2D eigenvalue weighted by Crippen LogP contribution is 2.29. The number of rotatable bonds is 2. The third-order valence-electron chi connectivity index (χ3n) is 1.74. The van der Waals surface area contributed by atoms with Crippen LogP contribution in [0.25, 0.3) is 0 Å². The lowest BCUT2D eigenvalue weighted by Gasteiger charge is -2.06. The van der Waals surface area contributed by atoms with Gasteiger partial charge in [0.2, 0.25) is 0 Å². The smallest absolute Gasteiger partial charge is 0.166 e. The standard InChI is InChI=1S/C10H12F3S/c1-14(2)7-8-3-5-9(6-4-8)10(11,12)13/h3-6H,7H2,1-2H3/q+1. The molecule has 0 spiro atoms. The number of halogens is 3. The van der Waals surface area contributed by atoms with Crippen LogP contribution in [0.1, 0.15) is 11.1 Å². The van der Waals surface area contributed by atoms with Crippen molar-refractivity contribution in [3.8, 4) is 0 Å². The molecule has 0 nitrogen and oxygen atoms in total. The molecule has 4 heteroatoms. The first-order valence-corrected chi connectivity index (χ1v) is 6.31. The first kappa shape index (κ1) is 11.4. The molecule has 1 aromatic carbocycles. The fraction of sp³-hybridized carbons (Fsp3) is 0.400. The third-order valence-corrected chi connectivity index (χ3v) is 2.65. The predicted molar refractivity (Wildman–Crippen MR) is 54.4 cm³/mol. The highest BCUT2D eigenvalue weighted by molar-refractivity contribution is 7.94. The average molecular weight is 221 g/mol. The molecule has 14 heavy (non-hydrogen) atoms. The molecule has 0 unspecified atom stereocenters. The van der Waals surface area contributed by atoms with Gasteiger partial charge in [-0.05, 0) is 23.0 Å². The Morgan fingerprint density at radius 3 is 1.93 bits per heavy atom. The van der Waals surface area contributed by atoms with Crippen LogP contribution in [0.5, 0.6) is 0 Å². The normalized spacial score (nSPS) is 12.1. The van der Waals surface area contributed by atoms with Crippen molar-refractivity contribution in [2.45, 2.75) is 11.9 Å². The van der Waals surface area contributed by atoms with Crippen molar-refractivity contribution >= 4 is 10.9 Å². The van der Waals surface area contributed by atoms with E-state index in [9.17, 15) is 13.2 Å². The Kier molecular flexibility index (Phi) is 3.48. The second kappa shape index (κ2) is 4.26. The lowest BCUT2D eigenvalue weighted by molar-refractivity contribution is -0.137. The quantitative estimate of drug-likeness (QED) is 0.673. The predicted octanol–water partition coefficient (Wildman–Crippen LogP) is 3.08. The van der Waals surface area contributed by atoms with Crippen molar-refractivity contribution in [3.63, 3.8) is 0 Å². The van der Waals surface area contributed by atoms with Gasteiger partial charge in [0.05, 0.1) is 18.1 Å². The zero-order valence-electron chi connectivity index (χ0n) is 8.06. The van der Waals surface area contributed by atoms with Crippen LogP contribution in [0.2, 0.25) is 0 Å². The van der Waals surface area contributed by atoms with Gasteiger partial charge >= 0.3 is 6.18 Å². The van der Waals surface area contributed by atoms with E-state index in [1.807, 2.05) is 0 Å². The van der Waals surface area contributed by atoms with Crippen LogP contribution in [0.15, 0.2) is 24.3 Å². The van der Waals surface area contributed by atoms with Crippen molar-refractivity contribution in [1.29, 1.82) is 0 Å². The lowest BCUT2D eigenvalue weighted by atomic mass is 10.1. The summed E-state index contributed by atoms with van der Waals surface area (Å²) in [6.07, 6.45) is -0.0893.